The maximum Gasteiger partial charge on any atom is 0.325 e. The highest BCUT2D eigenvalue weighted by molar-refractivity contribution is 6.30. The van der Waals surface area contributed by atoms with Crippen LogP contribution < -0.4 is 10.2 Å². The number of piperazine rings is 1. The Bertz CT molecular complexity index is 530. The van der Waals surface area contributed by atoms with Gasteiger partial charge in [-0.3, -0.25) is 4.79 Å². The van der Waals surface area contributed by atoms with Gasteiger partial charge in [0.15, 0.2) is 0 Å². The number of anilines is 1. The maximum absolute atomic E-state index is 11.9. The van der Waals surface area contributed by atoms with Crippen molar-refractivity contribution in [3.8, 4) is 0 Å². The van der Waals surface area contributed by atoms with Crippen molar-refractivity contribution >= 4 is 29.3 Å². The quantitative estimate of drug-likeness (QED) is 0.890. The Hall–Kier alpha value is -1.95. The van der Waals surface area contributed by atoms with E-state index in [1.807, 2.05) is 24.3 Å². The maximum atomic E-state index is 11.9. The molecule has 2 rings (SSSR count). The zero-order valence-corrected chi connectivity index (χ0v) is 12.5. The third-order valence-electron chi connectivity index (χ3n) is 3.45. The Morgan fingerprint density at radius 2 is 1.95 bits per heavy atom. The van der Waals surface area contributed by atoms with E-state index in [4.69, 9.17) is 16.7 Å². The summed E-state index contributed by atoms with van der Waals surface area (Å²) in [6.07, 6.45) is 0. The number of carboxylic acids is 1. The van der Waals surface area contributed by atoms with Gasteiger partial charge in [-0.2, -0.15) is 0 Å². The van der Waals surface area contributed by atoms with E-state index in [0.29, 0.717) is 31.2 Å². The van der Waals surface area contributed by atoms with Crippen LogP contribution in [0, 0.1) is 0 Å². The number of carboxylic acid groups (broad SMARTS) is 1. The van der Waals surface area contributed by atoms with Crippen LogP contribution in [0.15, 0.2) is 24.3 Å². The van der Waals surface area contributed by atoms with Gasteiger partial charge in [0.05, 0.1) is 0 Å². The van der Waals surface area contributed by atoms with Crippen LogP contribution in [-0.2, 0) is 4.79 Å². The van der Waals surface area contributed by atoms with Gasteiger partial charge in [0.1, 0.15) is 6.04 Å². The number of nitrogens with zero attached hydrogens (tertiary/aromatic N) is 2. The fourth-order valence-corrected chi connectivity index (χ4v) is 2.36. The number of hydrogen-bond acceptors (Lipinski definition) is 3. The number of nitrogens with one attached hydrogen (secondary N) is 1. The summed E-state index contributed by atoms with van der Waals surface area (Å²) in [6, 6.07) is 6.37. The van der Waals surface area contributed by atoms with Crippen molar-refractivity contribution in [1.82, 2.24) is 10.2 Å². The van der Waals surface area contributed by atoms with Crippen molar-refractivity contribution in [3.63, 3.8) is 0 Å². The molecule has 0 saturated carbocycles. The van der Waals surface area contributed by atoms with Crippen LogP contribution in [0.3, 0.4) is 0 Å². The fraction of sp³-hybridized carbons (Fsp3) is 0.429. The molecule has 21 heavy (non-hydrogen) atoms. The normalized spacial score (nSPS) is 16.5. The van der Waals surface area contributed by atoms with Gasteiger partial charge in [-0.15, -0.1) is 0 Å². The molecule has 114 valence electrons. The summed E-state index contributed by atoms with van der Waals surface area (Å²) in [7, 11) is 0. The predicted molar refractivity (Wildman–Crippen MR) is 80.9 cm³/mol. The van der Waals surface area contributed by atoms with Crippen LogP contribution in [0.1, 0.15) is 6.92 Å². The monoisotopic (exact) mass is 311 g/mol. The molecule has 1 heterocycles. The minimum atomic E-state index is -1.04. The fourth-order valence-electron chi connectivity index (χ4n) is 2.18. The number of carbonyl (C=O) groups excluding carboxylic acids is 1. The minimum absolute atomic E-state index is 0.337. The molecule has 1 fully saturated rings. The van der Waals surface area contributed by atoms with Crippen LogP contribution in [0.5, 0.6) is 0 Å². The number of carbonyl (C=O) groups is 2. The van der Waals surface area contributed by atoms with Gasteiger partial charge in [0, 0.05) is 36.9 Å². The van der Waals surface area contributed by atoms with Crippen molar-refractivity contribution in [1.29, 1.82) is 0 Å². The van der Waals surface area contributed by atoms with Gasteiger partial charge in [-0.25, -0.2) is 4.79 Å². The second kappa shape index (κ2) is 6.67. The topological polar surface area (TPSA) is 72.9 Å². The molecule has 0 aromatic heterocycles. The molecule has 1 aliphatic rings. The first kappa shape index (κ1) is 15.4. The van der Waals surface area contributed by atoms with E-state index in [1.165, 1.54) is 6.92 Å². The highest BCUT2D eigenvalue weighted by Crippen LogP contribution is 2.20. The van der Waals surface area contributed by atoms with Crippen molar-refractivity contribution in [2.75, 3.05) is 31.1 Å². The molecule has 1 aromatic rings. The Morgan fingerprint density at radius 3 is 2.52 bits per heavy atom. The smallest absolute Gasteiger partial charge is 0.325 e. The molecular weight excluding hydrogens is 294 g/mol. The predicted octanol–water partition coefficient (Wildman–Crippen LogP) is 1.64. The van der Waals surface area contributed by atoms with E-state index in [-0.39, 0.29) is 6.03 Å². The van der Waals surface area contributed by atoms with Crippen molar-refractivity contribution in [3.05, 3.63) is 29.3 Å². The third kappa shape index (κ3) is 4.01. The summed E-state index contributed by atoms with van der Waals surface area (Å²) < 4.78 is 0. The number of benzene rings is 1. The Kier molecular flexibility index (Phi) is 4.90. The molecule has 1 aliphatic heterocycles. The summed E-state index contributed by atoms with van der Waals surface area (Å²) >= 11 is 5.97. The average molecular weight is 312 g/mol. The zero-order valence-electron chi connectivity index (χ0n) is 11.8. The third-order valence-corrected chi connectivity index (χ3v) is 3.69. The molecule has 1 aromatic carbocycles. The van der Waals surface area contributed by atoms with E-state index < -0.39 is 12.0 Å². The highest BCUT2D eigenvalue weighted by Gasteiger charge is 2.23. The molecule has 6 nitrogen and oxygen atoms in total. The first-order chi connectivity index (χ1) is 9.97. The molecule has 0 aliphatic carbocycles. The lowest BCUT2D eigenvalue weighted by atomic mass is 10.2. The first-order valence-corrected chi connectivity index (χ1v) is 7.14. The molecule has 0 bridgehead atoms. The second-order valence-corrected chi connectivity index (χ2v) is 5.40. The SMILES string of the molecule is C[C@H](NC(=O)N1CCN(c2cccc(Cl)c2)CC1)C(=O)O. The van der Waals surface area contributed by atoms with Crippen molar-refractivity contribution < 1.29 is 14.7 Å². The second-order valence-electron chi connectivity index (χ2n) is 4.96. The Balaban J connectivity index is 1.88. The van der Waals surface area contributed by atoms with Gasteiger partial charge in [0.25, 0.3) is 0 Å². The van der Waals surface area contributed by atoms with Gasteiger partial charge in [-0.05, 0) is 25.1 Å². The van der Waals surface area contributed by atoms with Crippen LogP contribution in [0.4, 0.5) is 10.5 Å². The van der Waals surface area contributed by atoms with Crippen LogP contribution in [0.25, 0.3) is 0 Å². The number of urea groups is 1. The molecule has 0 spiro atoms. The minimum Gasteiger partial charge on any atom is -0.480 e. The molecule has 1 saturated heterocycles. The van der Waals surface area contributed by atoms with E-state index in [9.17, 15) is 9.59 Å². The first-order valence-electron chi connectivity index (χ1n) is 6.76. The zero-order chi connectivity index (χ0) is 15.4. The van der Waals surface area contributed by atoms with Gasteiger partial charge in [0.2, 0.25) is 0 Å². The van der Waals surface area contributed by atoms with Crippen LogP contribution >= 0.6 is 11.6 Å². The van der Waals surface area contributed by atoms with Crippen molar-refractivity contribution in [2.45, 2.75) is 13.0 Å². The summed E-state index contributed by atoms with van der Waals surface area (Å²) in [5, 5.41) is 11.9. The summed E-state index contributed by atoms with van der Waals surface area (Å²) in [5.74, 6) is -1.04. The lowest BCUT2D eigenvalue weighted by Gasteiger charge is -2.36. The Morgan fingerprint density at radius 1 is 1.29 bits per heavy atom. The average Bonchev–Trinajstić information content (AvgIpc) is 2.47. The summed E-state index contributed by atoms with van der Waals surface area (Å²) in [4.78, 5) is 26.4. The number of aliphatic carboxylic acids is 1. The Labute approximate surface area is 128 Å². The van der Waals surface area contributed by atoms with E-state index in [2.05, 4.69) is 10.2 Å². The molecule has 0 radical (unpaired) electrons. The largest absolute Gasteiger partial charge is 0.480 e. The number of halogens is 1. The summed E-state index contributed by atoms with van der Waals surface area (Å²) in [6.45, 7) is 3.92. The lowest BCUT2D eigenvalue weighted by Crippen LogP contribution is -2.54. The van der Waals surface area contributed by atoms with Gasteiger partial charge in [-0.1, -0.05) is 17.7 Å². The lowest BCUT2D eigenvalue weighted by molar-refractivity contribution is -0.138. The molecule has 2 N–H and O–H groups in total. The van der Waals surface area contributed by atoms with E-state index in [0.717, 1.165) is 5.69 Å². The number of hydrogen-bond donors (Lipinski definition) is 2. The molecule has 1 atom stereocenters. The van der Waals surface area contributed by atoms with Crippen LogP contribution in [0.2, 0.25) is 5.02 Å². The van der Waals surface area contributed by atoms with E-state index >= 15 is 0 Å². The number of rotatable bonds is 3. The summed E-state index contributed by atoms with van der Waals surface area (Å²) in [5.41, 5.74) is 1.03. The highest BCUT2D eigenvalue weighted by atomic mass is 35.5. The van der Waals surface area contributed by atoms with Gasteiger partial charge >= 0.3 is 12.0 Å². The standard InChI is InChI=1S/C14H18ClN3O3/c1-10(13(19)20)16-14(21)18-7-5-17(6-8-18)12-4-2-3-11(15)9-12/h2-4,9-10H,5-8H2,1H3,(H,16,21)(H,19,20)/t10-/m0/s1. The van der Waals surface area contributed by atoms with Gasteiger partial charge < -0.3 is 20.2 Å². The van der Waals surface area contributed by atoms with Crippen molar-refractivity contribution in [2.24, 2.45) is 0 Å². The van der Waals surface area contributed by atoms with Crippen LogP contribution in [-0.4, -0.2) is 54.2 Å². The number of amides is 2. The van der Waals surface area contributed by atoms with E-state index in [1.54, 1.807) is 4.90 Å². The molecule has 2 amide bonds. The molecule has 7 heteroatoms. The molecule has 0 unspecified atom stereocenters. The molecular formula is C14H18ClN3O3.